The number of rotatable bonds is 5. The summed E-state index contributed by atoms with van der Waals surface area (Å²) < 4.78 is 4.46. The Morgan fingerprint density at radius 2 is 1.77 bits per heavy atom. The van der Waals surface area contributed by atoms with Gasteiger partial charge in [-0.15, -0.1) is 0 Å². The first-order valence-corrected chi connectivity index (χ1v) is 4.32. The van der Waals surface area contributed by atoms with Gasteiger partial charge < -0.3 is 9.84 Å². The van der Waals surface area contributed by atoms with Crippen molar-refractivity contribution in [1.29, 1.82) is 0 Å². The summed E-state index contributed by atoms with van der Waals surface area (Å²) in [6.07, 6.45) is 0.827. The van der Waals surface area contributed by atoms with E-state index in [1.807, 2.05) is 0 Å². The van der Waals surface area contributed by atoms with E-state index < -0.39 is 17.4 Å². The van der Waals surface area contributed by atoms with Crippen molar-refractivity contribution >= 4 is 11.9 Å². The molecule has 0 fully saturated rings. The molecule has 0 atom stereocenters. The largest absolute Gasteiger partial charge is 0.481 e. The zero-order chi connectivity index (χ0) is 10.5. The van der Waals surface area contributed by atoms with Gasteiger partial charge in [0.05, 0.1) is 18.9 Å². The molecule has 0 aliphatic rings. The topological polar surface area (TPSA) is 63.6 Å². The summed E-state index contributed by atoms with van der Waals surface area (Å²) in [6.45, 7) is 3.53. The fraction of sp³-hybridized carbons (Fsp3) is 0.778. The molecule has 13 heavy (non-hydrogen) atoms. The molecule has 0 radical (unpaired) electrons. The van der Waals surface area contributed by atoms with Gasteiger partial charge in [-0.2, -0.15) is 0 Å². The van der Waals surface area contributed by atoms with E-state index in [9.17, 15) is 9.59 Å². The highest BCUT2D eigenvalue weighted by atomic mass is 16.5. The van der Waals surface area contributed by atoms with Gasteiger partial charge in [-0.3, -0.25) is 9.59 Å². The number of carboxylic acids is 1. The molecule has 4 nitrogen and oxygen atoms in total. The third kappa shape index (κ3) is 2.72. The molecule has 0 aromatic carbocycles. The van der Waals surface area contributed by atoms with Crippen molar-refractivity contribution in [1.82, 2.24) is 0 Å². The fourth-order valence-corrected chi connectivity index (χ4v) is 1.23. The van der Waals surface area contributed by atoms with Crippen LogP contribution in [0.1, 0.15) is 33.1 Å². The molecule has 0 rings (SSSR count). The van der Waals surface area contributed by atoms with Gasteiger partial charge in [-0.25, -0.2) is 0 Å². The van der Waals surface area contributed by atoms with E-state index in [-0.39, 0.29) is 6.42 Å². The van der Waals surface area contributed by atoms with Crippen molar-refractivity contribution < 1.29 is 19.4 Å². The summed E-state index contributed by atoms with van der Waals surface area (Å²) in [6, 6.07) is 0. The molecular formula is C9H16O4. The average Bonchev–Trinajstić information content (AvgIpc) is 2.13. The van der Waals surface area contributed by atoms with E-state index in [2.05, 4.69) is 4.74 Å². The first-order valence-electron chi connectivity index (χ1n) is 4.32. The highest BCUT2D eigenvalue weighted by Gasteiger charge is 2.37. The zero-order valence-electron chi connectivity index (χ0n) is 8.29. The molecule has 0 unspecified atom stereocenters. The van der Waals surface area contributed by atoms with E-state index in [0.717, 1.165) is 0 Å². The number of esters is 1. The van der Waals surface area contributed by atoms with Gasteiger partial charge in [-0.05, 0) is 12.8 Å². The summed E-state index contributed by atoms with van der Waals surface area (Å²) >= 11 is 0. The molecule has 0 spiro atoms. The Balaban J connectivity index is 4.57. The summed E-state index contributed by atoms with van der Waals surface area (Å²) in [5, 5.41) is 8.96. The molecule has 0 aromatic heterocycles. The molecule has 0 heterocycles. The molecule has 0 saturated heterocycles. The average molecular weight is 188 g/mol. The van der Waals surface area contributed by atoms with Gasteiger partial charge >= 0.3 is 11.9 Å². The molecule has 0 bridgehead atoms. The minimum atomic E-state index is -0.951. The number of methoxy groups -OCH3 is 1. The number of hydrogen-bond acceptors (Lipinski definition) is 3. The SMILES string of the molecule is CCC(CC)(CC(=O)OC)C(=O)O. The predicted octanol–water partition coefficient (Wildman–Crippen LogP) is 1.44. The smallest absolute Gasteiger partial charge is 0.310 e. The lowest BCUT2D eigenvalue weighted by Gasteiger charge is -2.24. The summed E-state index contributed by atoms with van der Waals surface area (Å²) in [5.41, 5.74) is -0.951. The Hall–Kier alpha value is -1.06. The summed E-state index contributed by atoms with van der Waals surface area (Å²) in [4.78, 5) is 21.9. The first kappa shape index (κ1) is 11.9. The van der Waals surface area contributed by atoms with Crippen LogP contribution in [0, 0.1) is 5.41 Å². The molecule has 0 aliphatic carbocycles. The molecule has 0 aromatic rings. The quantitative estimate of drug-likeness (QED) is 0.663. The summed E-state index contributed by atoms with van der Waals surface area (Å²) in [7, 11) is 1.26. The van der Waals surface area contributed by atoms with Gasteiger partial charge in [0.2, 0.25) is 0 Å². The Kier molecular flexibility index (Phi) is 4.45. The monoisotopic (exact) mass is 188 g/mol. The predicted molar refractivity (Wildman–Crippen MR) is 47.3 cm³/mol. The maximum absolute atomic E-state index is 11.0. The third-order valence-electron chi connectivity index (χ3n) is 2.52. The summed E-state index contributed by atoms with van der Waals surface area (Å²) in [5.74, 6) is -1.39. The number of carbonyl (C=O) groups is 2. The highest BCUT2D eigenvalue weighted by molar-refractivity contribution is 5.82. The van der Waals surface area contributed by atoms with Crippen LogP contribution in [0.15, 0.2) is 0 Å². The van der Waals surface area contributed by atoms with Crippen LogP contribution in [-0.2, 0) is 14.3 Å². The fourth-order valence-electron chi connectivity index (χ4n) is 1.23. The van der Waals surface area contributed by atoms with Crippen LogP contribution in [0.25, 0.3) is 0 Å². The Morgan fingerprint density at radius 1 is 1.31 bits per heavy atom. The lowest BCUT2D eigenvalue weighted by atomic mass is 9.79. The maximum atomic E-state index is 11.0. The highest BCUT2D eigenvalue weighted by Crippen LogP contribution is 2.31. The van der Waals surface area contributed by atoms with Crippen LogP contribution in [0.4, 0.5) is 0 Å². The lowest BCUT2D eigenvalue weighted by molar-refractivity contribution is -0.157. The van der Waals surface area contributed by atoms with Crippen molar-refractivity contribution in [3.63, 3.8) is 0 Å². The number of ether oxygens (including phenoxy) is 1. The van der Waals surface area contributed by atoms with Crippen LogP contribution in [0.2, 0.25) is 0 Å². The second-order valence-electron chi connectivity index (χ2n) is 3.05. The van der Waals surface area contributed by atoms with E-state index in [4.69, 9.17) is 5.11 Å². The molecule has 1 N–H and O–H groups in total. The molecule has 0 saturated carbocycles. The standard InChI is InChI=1S/C9H16O4/c1-4-9(5-2,8(11)12)6-7(10)13-3/h4-6H2,1-3H3,(H,11,12). The van der Waals surface area contributed by atoms with Crippen molar-refractivity contribution in [2.75, 3.05) is 7.11 Å². The third-order valence-corrected chi connectivity index (χ3v) is 2.52. The minimum Gasteiger partial charge on any atom is -0.481 e. The van der Waals surface area contributed by atoms with Gasteiger partial charge in [0.25, 0.3) is 0 Å². The van der Waals surface area contributed by atoms with Crippen LogP contribution in [0.3, 0.4) is 0 Å². The first-order chi connectivity index (χ1) is 6.02. The van der Waals surface area contributed by atoms with E-state index in [1.54, 1.807) is 13.8 Å². The molecule has 0 amide bonds. The Bertz CT molecular complexity index is 194. The van der Waals surface area contributed by atoms with E-state index in [0.29, 0.717) is 12.8 Å². The van der Waals surface area contributed by atoms with E-state index >= 15 is 0 Å². The van der Waals surface area contributed by atoms with Crippen LogP contribution in [0.5, 0.6) is 0 Å². The van der Waals surface area contributed by atoms with Crippen LogP contribution in [-0.4, -0.2) is 24.2 Å². The number of aliphatic carboxylic acids is 1. The molecule has 0 aliphatic heterocycles. The van der Waals surface area contributed by atoms with Gasteiger partial charge in [0, 0.05) is 0 Å². The van der Waals surface area contributed by atoms with Gasteiger partial charge in [-0.1, -0.05) is 13.8 Å². The molecule has 4 heteroatoms. The zero-order valence-corrected chi connectivity index (χ0v) is 8.29. The van der Waals surface area contributed by atoms with Crippen molar-refractivity contribution in [2.45, 2.75) is 33.1 Å². The second-order valence-corrected chi connectivity index (χ2v) is 3.05. The Morgan fingerprint density at radius 3 is 2.00 bits per heavy atom. The van der Waals surface area contributed by atoms with Crippen molar-refractivity contribution in [3.8, 4) is 0 Å². The van der Waals surface area contributed by atoms with Crippen LogP contribution < -0.4 is 0 Å². The molecule has 76 valence electrons. The van der Waals surface area contributed by atoms with Gasteiger partial charge in [0.15, 0.2) is 0 Å². The Labute approximate surface area is 77.9 Å². The van der Waals surface area contributed by atoms with Crippen LogP contribution >= 0.6 is 0 Å². The molecular weight excluding hydrogens is 172 g/mol. The number of carboxylic acid groups (broad SMARTS) is 1. The minimum absolute atomic E-state index is 0.0498. The number of carbonyl (C=O) groups excluding carboxylic acids is 1. The lowest BCUT2D eigenvalue weighted by Crippen LogP contribution is -2.32. The number of hydrogen-bond donors (Lipinski definition) is 1. The van der Waals surface area contributed by atoms with Gasteiger partial charge in [0.1, 0.15) is 0 Å². The normalized spacial score (nSPS) is 11.0. The van der Waals surface area contributed by atoms with Crippen molar-refractivity contribution in [3.05, 3.63) is 0 Å². The second kappa shape index (κ2) is 4.84. The van der Waals surface area contributed by atoms with Crippen molar-refractivity contribution in [2.24, 2.45) is 5.41 Å². The maximum Gasteiger partial charge on any atom is 0.310 e. The van der Waals surface area contributed by atoms with E-state index in [1.165, 1.54) is 7.11 Å².